The van der Waals surface area contributed by atoms with Crippen LogP contribution >= 0.6 is 0 Å². The van der Waals surface area contributed by atoms with E-state index in [9.17, 15) is 34.8 Å². The zero-order chi connectivity index (χ0) is 26.7. The van der Waals surface area contributed by atoms with Crippen LogP contribution in [0.3, 0.4) is 0 Å². The number of esters is 3. The van der Waals surface area contributed by atoms with Gasteiger partial charge in [0, 0.05) is 42.9 Å². The van der Waals surface area contributed by atoms with E-state index in [1.807, 2.05) is 0 Å². The molecule has 2 aliphatic rings. The average molecular weight is 500 g/mol. The number of aliphatic hydroxyl groups is 1. The number of phenolic OH excluding ortho intramolecular Hbond substituents is 3. The maximum atomic E-state index is 12.2. The van der Waals surface area contributed by atoms with E-state index in [0.717, 1.165) is 20.8 Å². The number of phenols is 3. The Balaban J connectivity index is 2.14. The van der Waals surface area contributed by atoms with Crippen molar-refractivity contribution in [1.29, 1.82) is 0 Å². The summed E-state index contributed by atoms with van der Waals surface area (Å²) in [7, 11) is 0. The van der Waals surface area contributed by atoms with E-state index in [0.29, 0.717) is 0 Å². The molecule has 2 aromatic carbocycles. The number of hydrogen-bond donors (Lipinski definition) is 5. The second-order valence-electron chi connectivity index (χ2n) is 8.69. The molecule has 0 saturated heterocycles. The quantitative estimate of drug-likeness (QED) is 0.132. The van der Waals surface area contributed by atoms with E-state index < -0.39 is 53.3 Å². The molecule has 0 heterocycles. The maximum Gasteiger partial charge on any atom is 0.303 e. The van der Waals surface area contributed by atoms with E-state index in [4.69, 9.17) is 20.1 Å². The average Bonchev–Trinajstić information content (AvgIpc) is 3.12. The lowest BCUT2D eigenvalue weighted by Crippen LogP contribution is -2.63. The fourth-order valence-corrected chi connectivity index (χ4v) is 5.10. The molecule has 0 radical (unpaired) electrons. The van der Waals surface area contributed by atoms with E-state index in [2.05, 4.69) is 5.10 Å². The zero-order valence-electron chi connectivity index (χ0n) is 19.7. The Morgan fingerprint density at radius 1 is 0.944 bits per heavy atom. The van der Waals surface area contributed by atoms with Gasteiger partial charge in [-0.3, -0.25) is 14.4 Å². The number of aliphatic hydroxyl groups excluding tert-OH is 1. The molecule has 0 aliphatic heterocycles. The van der Waals surface area contributed by atoms with Crippen LogP contribution in [0.1, 0.15) is 38.8 Å². The Morgan fingerprint density at radius 2 is 1.58 bits per heavy atom. The molecule has 0 bridgehead atoms. The lowest BCUT2D eigenvalue weighted by atomic mass is 9.74. The molecule has 0 fully saturated rings. The smallest absolute Gasteiger partial charge is 0.303 e. The lowest BCUT2D eigenvalue weighted by molar-refractivity contribution is -0.214. The number of carbonyl (C=O) groups is 3. The molecule has 4 unspecified atom stereocenters. The van der Waals surface area contributed by atoms with Crippen LogP contribution in [0.4, 0.5) is 0 Å². The van der Waals surface area contributed by atoms with Gasteiger partial charge in [-0.05, 0) is 13.0 Å². The van der Waals surface area contributed by atoms with Crippen LogP contribution in [-0.4, -0.2) is 68.0 Å². The maximum absolute atomic E-state index is 12.2. The van der Waals surface area contributed by atoms with Gasteiger partial charge >= 0.3 is 17.9 Å². The Labute approximate surface area is 204 Å². The van der Waals surface area contributed by atoms with Crippen LogP contribution in [0.5, 0.6) is 17.2 Å². The Hall–Kier alpha value is -4.32. The third kappa shape index (κ3) is 3.40. The summed E-state index contributed by atoms with van der Waals surface area (Å²) in [6.07, 6.45) is -4.93. The highest BCUT2D eigenvalue weighted by Gasteiger charge is 2.62. The van der Waals surface area contributed by atoms with E-state index in [1.165, 1.54) is 25.1 Å². The number of rotatable bonds is 3. The first-order valence-corrected chi connectivity index (χ1v) is 10.8. The van der Waals surface area contributed by atoms with Gasteiger partial charge in [-0.2, -0.15) is 5.10 Å². The Bertz CT molecular complexity index is 1400. The van der Waals surface area contributed by atoms with Crippen LogP contribution < -0.4 is 5.84 Å². The molecule has 190 valence electrons. The van der Waals surface area contributed by atoms with Gasteiger partial charge in [0.25, 0.3) is 0 Å². The summed E-state index contributed by atoms with van der Waals surface area (Å²) >= 11 is 0. The summed E-state index contributed by atoms with van der Waals surface area (Å²) in [6.45, 7) is 4.52. The predicted molar refractivity (Wildman–Crippen MR) is 124 cm³/mol. The molecule has 0 saturated carbocycles. The highest BCUT2D eigenvalue weighted by molar-refractivity contribution is 6.29. The normalized spacial score (nSPS) is 25.9. The van der Waals surface area contributed by atoms with Crippen molar-refractivity contribution in [2.45, 2.75) is 51.6 Å². The fourth-order valence-electron chi connectivity index (χ4n) is 5.10. The highest BCUT2D eigenvalue weighted by atomic mass is 16.6. The largest absolute Gasteiger partial charge is 0.507 e. The molecule has 2 aromatic rings. The minimum Gasteiger partial charge on any atom is -0.507 e. The van der Waals surface area contributed by atoms with Crippen molar-refractivity contribution in [3.05, 3.63) is 34.9 Å². The summed E-state index contributed by atoms with van der Waals surface area (Å²) in [5.74, 6) is 1.83. The van der Waals surface area contributed by atoms with Crippen molar-refractivity contribution in [3.8, 4) is 17.2 Å². The van der Waals surface area contributed by atoms with E-state index in [1.54, 1.807) is 0 Å². The molecular formula is C24H24N2O10. The number of aromatic hydroxyl groups is 3. The van der Waals surface area contributed by atoms with Gasteiger partial charge in [-0.1, -0.05) is 12.1 Å². The van der Waals surface area contributed by atoms with Crippen LogP contribution in [0, 0.1) is 0 Å². The zero-order valence-corrected chi connectivity index (χ0v) is 19.7. The summed E-state index contributed by atoms with van der Waals surface area (Å²) in [5.41, 5.74) is -2.68. The van der Waals surface area contributed by atoms with Crippen LogP contribution in [0.25, 0.3) is 16.3 Å². The second kappa shape index (κ2) is 8.41. The van der Waals surface area contributed by atoms with Gasteiger partial charge in [-0.25, -0.2) is 0 Å². The monoisotopic (exact) mass is 500 g/mol. The van der Waals surface area contributed by atoms with Gasteiger partial charge in [0.15, 0.2) is 17.8 Å². The first-order valence-electron chi connectivity index (χ1n) is 10.8. The molecule has 6 N–H and O–H groups in total. The third-order valence-electron chi connectivity index (χ3n) is 6.31. The Kier molecular flexibility index (Phi) is 5.79. The molecule has 4 atom stereocenters. The fraction of sp³-hybridized carbons (Fsp3) is 0.333. The van der Waals surface area contributed by atoms with Crippen LogP contribution in [-0.2, 0) is 28.6 Å². The van der Waals surface area contributed by atoms with Gasteiger partial charge in [-0.15, -0.1) is 0 Å². The summed E-state index contributed by atoms with van der Waals surface area (Å²) < 4.78 is 16.4. The number of ether oxygens (including phenoxy) is 3. The summed E-state index contributed by atoms with van der Waals surface area (Å²) in [6, 6.07) is 4.15. The van der Waals surface area contributed by atoms with Gasteiger partial charge in [0.05, 0.1) is 10.9 Å². The van der Waals surface area contributed by atoms with E-state index >= 15 is 0 Å². The molecule has 12 nitrogen and oxygen atoms in total. The molecule has 4 rings (SSSR count). The van der Waals surface area contributed by atoms with Crippen molar-refractivity contribution in [3.63, 3.8) is 0 Å². The van der Waals surface area contributed by atoms with E-state index in [-0.39, 0.29) is 44.5 Å². The summed E-state index contributed by atoms with van der Waals surface area (Å²) in [4.78, 5) is 36.2. The Morgan fingerprint density at radius 3 is 2.14 bits per heavy atom. The molecule has 2 aliphatic carbocycles. The number of hydrazone groups is 1. The lowest BCUT2D eigenvalue weighted by Gasteiger charge is -2.46. The van der Waals surface area contributed by atoms with Crippen LogP contribution in [0.2, 0.25) is 0 Å². The molecule has 0 amide bonds. The standard InChI is InChI=1S/C24H24N2O10/c1-8(27)34-22-17-15(21(33)23(35-9(2)28)24(22,4)36-10(3)29)14-16(18(17)26-25)20(32)13-11(19(14)31)6-5-7-12(13)30/h5-7,21-23,30-33H,25H2,1-4H3. The topological polar surface area (TPSA) is 198 Å². The first-order chi connectivity index (χ1) is 16.8. The number of fused-ring (bicyclic) bond motifs is 3. The molecule has 12 heteroatoms. The molecular weight excluding hydrogens is 476 g/mol. The van der Waals surface area contributed by atoms with Gasteiger partial charge in [0.1, 0.15) is 29.1 Å². The third-order valence-corrected chi connectivity index (χ3v) is 6.31. The minimum absolute atomic E-state index is 0.0324. The number of hydrogen-bond acceptors (Lipinski definition) is 12. The molecule has 0 spiro atoms. The minimum atomic E-state index is -1.98. The molecule has 36 heavy (non-hydrogen) atoms. The predicted octanol–water partition coefficient (Wildman–Crippen LogP) is 0.946. The van der Waals surface area contributed by atoms with Gasteiger partial charge in [0.2, 0.25) is 0 Å². The van der Waals surface area contributed by atoms with Crippen molar-refractivity contribution in [2.75, 3.05) is 0 Å². The van der Waals surface area contributed by atoms with Gasteiger partial charge < -0.3 is 40.5 Å². The number of nitrogens with two attached hydrogens (primary N) is 1. The van der Waals surface area contributed by atoms with Crippen LogP contribution in [0.15, 0.2) is 28.9 Å². The number of nitrogens with zero attached hydrogens (tertiary/aromatic N) is 1. The van der Waals surface area contributed by atoms with Crippen molar-refractivity contribution in [1.82, 2.24) is 0 Å². The van der Waals surface area contributed by atoms with Crippen molar-refractivity contribution < 1.29 is 49.0 Å². The van der Waals surface area contributed by atoms with Crippen molar-refractivity contribution >= 4 is 40.0 Å². The number of benzene rings is 2. The number of carbonyl (C=O) groups excluding carboxylic acids is 3. The first kappa shape index (κ1) is 24.8. The van der Waals surface area contributed by atoms with Crippen molar-refractivity contribution in [2.24, 2.45) is 10.9 Å². The SMILES string of the molecule is CC(=O)OC1C2=C(c3c(c(O)c4c(O)cccc4c3O)C2=NN)C(O)C(OC(C)=O)C1(C)OC(C)=O. The summed E-state index contributed by atoms with van der Waals surface area (Å²) in [5, 5.41) is 47.9. The molecule has 0 aromatic heterocycles. The second-order valence-corrected chi connectivity index (χ2v) is 8.69. The highest BCUT2D eigenvalue weighted by Crippen LogP contribution is 2.56.